The number of fused-ring (bicyclic) bond motifs is 1. The van der Waals surface area contributed by atoms with Crippen LogP contribution in [0.4, 0.5) is 5.95 Å². The summed E-state index contributed by atoms with van der Waals surface area (Å²) < 4.78 is 1.99. The minimum Gasteiger partial charge on any atom is -0.343 e. The van der Waals surface area contributed by atoms with Gasteiger partial charge < -0.3 is 9.47 Å². The average Bonchev–Trinajstić information content (AvgIpc) is 3.54. The molecule has 8 nitrogen and oxygen atoms in total. The molecule has 2 atom stereocenters. The molecule has 9 heteroatoms. The highest BCUT2D eigenvalue weighted by Gasteiger charge is 2.32. The standard InChI is InChI=1S/C34H43ClN6O2/c1-22(2)18-29(36-7)32(43)40-17-9-10-27(40)21-41-30-16-11-24(20-39(8)23(3)34(4,5)6)19-28(30)37-33(41)38-31(42)25-12-14-26(35)15-13-25/h11-16,18-19,22-23,27H,9-10,17,20-21H2,1-6,8H3,(H,37,38,42)/t23-,27?/m0/s1. The Morgan fingerprint density at radius 2 is 1.88 bits per heavy atom. The first-order valence-electron chi connectivity index (χ1n) is 14.9. The number of hydrogen-bond donors (Lipinski definition) is 1. The Morgan fingerprint density at radius 3 is 2.51 bits per heavy atom. The molecule has 4 rings (SSSR count). The van der Waals surface area contributed by atoms with Crippen LogP contribution in [0.5, 0.6) is 0 Å². The fourth-order valence-corrected chi connectivity index (χ4v) is 5.66. The van der Waals surface area contributed by atoms with Crippen molar-refractivity contribution in [1.82, 2.24) is 19.4 Å². The summed E-state index contributed by atoms with van der Waals surface area (Å²) in [6, 6.07) is 13.2. The summed E-state index contributed by atoms with van der Waals surface area (Å²) in [4.78, 5) is 39.2. The van der Waals surface area contributed by atoms with E-state index < -0.39 is 0 Å². The van der Waals surface area contributed by atoms with Crippen LogP contribution in [-0.4, -0.2) is 56.8 Å². The topological polar surface area (TPSA) is 74.8 Å². The van der Waals surface area contributed by atoms with Crippen molar-refractivity contribution < 1.29 is 9.59 Å². The molecule has 1 saturated heterocycles. The molecule has 0 radical (unpaired) electrons. The first-order valence-corrected chi connectivity index (χ1v) is 15.3. The Labute approximate surface area is 260 Å². The van der Waals surface area contributed by atoms with Gasteiger partial charge >= 0.3 is 0 Å². The average molecular weight is 603 g/mol. The smallest absolute Gasteiger partial charge is 0.257 e. The fraction of sp³-hybridized carbons (Fsp3) is 0.471. The number of benzene rings is 2. The number of carbonyl (C=O) groups excluding carboxylic acids is 2. The highest BCUT2D eigenvalue weighted by molar-refractivity contribution is 6.30. The third-order valence-corrected chi connectivity index (χ3v) is 8.60. The number of rotatable bonds is 9. The van der Waals surface area contributed by atoms with E-state index in [2.05, 4.69) is 68.0 Å². The van der Waals surface area contributed by atoms with Crippen LogP contribution >= 0.6 is 11.6 Å². The predicted octanol–water partition coefficient (Wildman–Crippen LogP) is 7.26. The Hall–Kier alpha value is -3.67. The van der Waals surface area contributed by atoms with Crippen LogP contribution in [0.1, 0.15) is 70.3 Å². The van der Waals surface area contributed by atoms with Gasteiger partial charge in [-0.2, -0.15) is 0 Å². The molecule has 0 aliphatic carbocycles. The third-order valence-electron chi connectivity index (χ3n) is 8.35. The van der Waals surface area contributed by atoms with E-state index in [0.29, 0.717) is 35.7 Å². The SMILES string of the molecule is [C-]#[N+]C(=CC(C)C)C(=O)N1CCCC1Cn1c(NC(=O)c2ccc(Cl)cc2)nc2cc(CN(C)[C@@H](C)C(C)(C)C)ccc21. The number of imidazole rings is 1. The molecule has 1 aliphatic rings. The van der Waals surface area contributed by atoms with Crippen molar-refractivity contribution in [2.24, 2.45) is 11.3 Å². The van der Waals surface area contributed by atoms with Crippen LogP contribution < -0.4 is 5.32 Å². The van der Waals surface area contributed by atoms with Gasteiger partial charge in [0.2, 0.25) is 11.6 Å². The molecule has 1 aliphatic heterocycles. The maximum absolute atomic E-state index is 13.4. The molecular formula is C34H43ClN6O2. The fourth-order valence-electron chi connectivity index (χ4n) is 5.54. The normalized spacial score (nSPS) is 16.6. The second-order valence-electron chi connectivity index (χ2n) is 13.0. The van der Waals surface area contributed by atoms with Crippen LogP contribution in [0, 0.1) is 17.9 Å². The van der Waals surface area contributed by atoms with Crippen LogP contribution in [0.3, 0.4) is 0 Å². The molecule has 43 heavy (non-hydrogen) atoms. The summed E-state index contributed by atoms with van der Waals surface area (Å²) in [5.74, 6) is -0.00528. The van der Waals surface area contributed by atoms with Gasteiger partial charge in [-0.25, -0.2) is 9.83 Å². The van der Waals surface area contributed by atoms with Crippen molar-refractivity contribution in [1.29, 1.82) is 0 Å². The summed E-state index contributed by atoms with van der Waals surface area (Å²) in [6.07, 6.45) is 3.38. The van der Waals surface area contributed by atoms with Gasteiger partial charge in [0.25, 0.3) is 11.8 Å². The Bertz CT molecular complexity index is 1540. The lowest BCUT2D eigenvalue weighted by molar-refractivity contribution is -0.127. The maximum Gasteiger partial charge on any atom is 0.257 e. The number of nitrogens with zero attached hydrogens (tertiary/aromatic N) is 5. The van der Waals surface area contributed by atoms with Crippen LogP contribution in [-0.2, 0) is 17.9 Å². The van der Waals surface area contributed by atoms with Gasteiger partial charge in [0.15, 0.2) is 0 Å². The largest absolute Gasteiger partial charge is 0.343 e. The molecule has 3 aromatic rings. The van der Waals surface area contributed by atoms with Gasteiger partial charge in [-0.1, -0.05) is 58.4 Å². The van der Waals surface area contributed by atoms with Gasteiger partial charge in [-0.15, -0.1) is 0 Å². The summed E-state index contributed by atoms with van der Waals surface area (Å²) >= 11 is 6.04. The lowest BCUT2D eigenvalue weighted by atomic mass is 9.87. The monoisotopic (exact) mass is 602 g/mol. The summed E-state index contributed by atoms with van der Waals surface area (Å²) in [6.45, 7) is 22.3. The van der Waals surface area contributed by atoms with Crippen LogP contribution in [0.2, 0.25) is 5.02 Å². The van der Waals surface area contributed by atoms with Gasteiger partial charge in [0.1, 0.15) is 0 Å². The van der Waals surface area contributed by atoms with Gasteiger partial charge in [-0.3, -0.25) is 19.8 Å². The number of anilines is 1. The van der Waals surface area contributed by atoms with E-state index in [4.69, 9.17) is 23.2 Å². The minimum atomic E-state index is -0.290. The molecule has 2 aromatic carbocycles. The Kier molecular flexibility index (Phi) is 9.99. The molecule has 1 unspecified atom stereocenters. The van der Waals surface area contributed by atoms with Crippen LogP contribution in [0.25, 0.3) is 15.9 Å². The quantitative estimate of drug-likeness (QED) is 0.207. The van der Waals surface area contributed by atoms with E-state index in [9.17, 15) is 9.59 Å². The lowest BCUT2D eigenvalue weighted by Gasteiger charge is -2.35. The number of halogens is 1. The van der Waals surface area contributed by atoms with Crippen molar-refractivity contribution in [3.05, 3.63) is 81.8 Å². The second-order valence-corrected chi connectivity index (χ2v) is 13.4. The lowest BCUT2D eigenvalue weighted by Crippen LogP contribution is -2.39. The molecule has 0 saturated carbocycles. The number of likely N-dealkylation sites (tertiary alicyclic amines) is 1. The molecule has 1 aromatic heterocycles. The summed E-state index contributed by atoms with van der Waals surface area (Å²) in [5, 5.41) is 3.56. The number of aromatic nitrogens is 2. The molecule has 1 N–H and O–H groups in total. The first kappa shape index (κ1) is 32.2. The van der Waals surface area contributed by atoms with E-state index in [1.54, 1.807) is 35.2 Å². The summed E-state index contributed by atoms with van der Waals surface area (Å²) in [5.41, 5.74) is 3.56. The van der Waals surface area contributed by atoms with Crippen molar-refractivity contribution in [3.63, 3.8) is 0 Å². The zero-order valence-electron chi connectivity index (χ0n) is 26.3. The molecule has 0 spiro atoms. The highest BCUT2D eigenvalue weighted by atomic mass is 35.5. The van der Waals surface area contributed by atoms with Crippen molar-refractivity contribution in [3.8, 4) is 0 Å². The van der Waals surface area contributed by atoms with E-state index >= 15 is 0 Å². The number of amides is 2. The molecule has 228 valence electrons. The zero-order chi connectivity index (χ0) is 31.5. The highest BCUT2D eigenvalue weighted by Crippen LogP contribution is 2.29. The van der Waals surface area contributed by atoms with Crippen molar-refractivity contribution >= 4 is 40.4 Å². The van der Waals surface area contributed by atoms with Gasteiger partial charge in [0, 0.05) is 42.3 Å². The van der Waals surface area contributed by atoms with Crippen LogP contribution in [0.15, 0.2) is 54.2 Å². The third kappa shape index (κ3) is 7.65. The van der Waals surface area contributed by atoms with Crippen molar-refractivity contribution in [2.45, 2.75) is 79.6 Å². The van der Waals surface area contributed by atoms with E-state index in [0.717, 1.165) is 36.0 Å². The number of nitrogens with one attached hydrogen (secondary N) is 1. The Balaban J connectivity index is 1.69. The zero-order valence-corrected chi connectivity index (χ0v) is 27.1. The van der Waals surface area contributed by atoms with Gasteiger partial charge in [0.05, 0.1) is 17.6 Å². The predicted molar refractivity (Wildman–Crippen MR) is 174 cm³/mol. The number of hydrogen-bond acceptors (Lipinski definition) is 4. The first-order chi connectivity index (χ1) is 20.3. The molecule has 1 fully saturated rings. The number of carbonyl (C=O) groups is 2. The van der Waals surface area contributed by atoms with E-state index in [-0.39, 0.29) is 34.9 Å². The van der Waals surface area contributed by atoms with Crippen molar-refractivity contribution in [2.75, 3.05) is 18.9 Å². The molecule has 2 heterocycles. The molecule has 2 amide bonds. The van der Waals surface area contributed by atoms with E-state index in [1.807, 2.05) is 18.4 Å². The maximum atomic E-state index is 13.4. The molecule has 0 bridgehead atoms. The second kappa shape index (κ2) is 13.3. The minimum absolute atomic E-state index is 0.0982. The van der Waals surface area contributed by atoms with E-state index in [1.165, 1.54) is 0 Å². The number of allylic oxidation sites excluding steroid dienone is 1. The Morgan fingerprint density at radius 1 is 1.19 bits per heavy atom. The molecular weight excluding hydrogens is 560 g/mol. The van der Waals surface area contributed by atoms with Gasteiger partial charge in [-0.05, 0) is 80.1 Å². The summed E-state index contributed by atoms with van der Waals surface area (Å²) in [7, 11) is 2.13.